The quantitative estimate of drug-likeness (QED) is 0.289. The second-order valence-electron chi connectivity index (χ2n) is 8.83. The maximum absolute atomic E-state index is 12.6. The zero-order valence-corrected chi connectivity index (χ0v) is 20.7. The molecule has 0 atom stereocenters. The van der Waals surface area contributed by atoms with Crippen LogP contribution in [0.3, 0.4) is 0 Å². The number of amides is 1. The van der Waals surface area contributed by atoms with Gasteiger partial charge < -0.3 is 19.4 Å². The molecule has 35 heavy (non-hydrogen) atoms. The number of methoxy groups -OCH3 is 1. The molecule has 1 amide bonds. The van der Waals surface area contributed by atoms with Gasteiger partial charge in [0.05, 0.1) is 24.8 Å². The Morgan fingerprint density at radius 3 is 2.57 bits per heavy atom. The molecule has 4 aromatic rings. The molecule has 0 aliphatic heterocycles. The lowest BCUT2D eigenvalue weighted by Gasteiger charge is -2.12. The van der Waals surface area contributed by atoms with Crippen molar-refractivity contribution in [3.05, 3.63) is 89.7 Å². The number of carbonyl (C=O) groups excluding carboxylic acids is 1. The molecule has 0 aliphatic carbocycles. The highest BCUT2D eigenvalue weighted by Crippen LogP contribution is 2.20. The second kappa shape index (κ2) is 11.6. The van der Waals surface area contributed by atoms with Crippen LogP contribution in [0.5, 0.6) is 11.5 Å². The molecule has 0 radical (unpaired) electrons. The summed E-state index contributed by atoms with van der Waals surface area (Å²) in [5, 5.41) is 3.00. The van der Waals surface area contributed by atoms with E-state index in [0.29, 0.717) is 36.8 Å². The molecule has 0 saturated carbocycles. The molecule has 4 rings (SSSR count). The van der Waals surface area contributed by atoms with Gasteiger partial charge in [0.15, 0.2) is 0 Å². The van der Waals surface area contributed by atoms with Crippen molar-refractivity contribution in [1.82, 2.24) is 14.9 Å². The fourth-order valence-electron chi connectivity index (χ4n) is 4.08. The van der Waals surface area contributed by atoms with Crippen molar-refractivity contribution in [2.45, 2.75) is 39.2 Å². The number of aryl methyl sites for hydroxylation is 1. The van der Waals surface area contributed by atoms with E-state index in [9.17, 15) is 4.79 Å². The number of carbonyl (C=O) groups is 1. The van der Waals surface area contributed by atoms with Crippen molar-refractivity contribution in [1.29, 1.82) is 0 Å². The van der Waals surface area contributed by atoms with Crippen LogP contribution in [0.4, 0.5) is 0 Å². The van der Waals surface area contributed by atoms with E-state index >= 15 is 0 Å². The first-order valence-corrected chi connectivity index (χ1v) is 12.1. The van der Waals surface area contributed by atoms with Gasteiger partial charge in [-0.25, -0.2) is 4.98 Å². The molecule has 6 nitrogen and oxygen atoms in total. The van der Waals surface area contributed by atoms with E-state index < -0.39 is 0 Å². The van der Waals surface area contributed by atoms with Crippen molar-refractivity contribution < 1.29 is 14.3 Å². The summed E-state index contributed by atoms with van der Waals surface area (Å²) < 4.78 is 13.4. The average molecular weight is 472 g/mol. The number of nitrogens with zero attached hydrogens (tertiary/aromatic N) is 2. The second-order valence-corrected chi connectivity index (χ2v) is 8.83. The summed E-state index contributed by atoms with van der Waals surface area (Å²) in [4.78, 5) is 17.4. The molecule has 0 spiro atoms. The minimum absolute atomic E-state index is 0.122. The lowest BCUT2D eigenvalue weighted by Crippen LogP contribution is -2.26. The van der Waals surface area contributed by atoms with Crippen LogP contribution in [0, 0.1) is 0 Å². The first-order valence-electron chi connectivity index (χ1n) is 12.1. The number of fused-ring (bicyclic) bond motifs is 1. The SMILES string of the molecule is COc1cccc(C(=O)NCCc2nc3ccccc3n2CCCOc2ccc(C(C)C)cc2)c1. The van der Waals surface area contributed by atoms with E-state index in [0.717, 1.165) is 35.6 Å². The van der Waals surface area contributed by atoms with Crippen LogP contribution in [-0.2, 0) is 13.0 Å². The van der Waals surface area contributed by atoms with Crippen molar-refractivity contribution >= 4 is 16.9 Å². The zero-order valence-electron chi connectivity index (χ0n) is 20.7. The van der Waals surface area contributed by atoms with E-state index in [1.807, 2.05) is 42.5 Å². The number of ether oxygens (including phenoxy) is 2. The fraction of sp³-hybridized carbons (Fsp3) is 0.310. The standard InChI is InChI=1S/C29H33N3O3/c1-21(2)22-12-14-24(15-13-22)35-19-7-18-32-27-11-5-4-10-26(27)31-28(32)16-17-30-29(33)23-8-6-9-25(20-23)34-3/h4-6,8-15,20-21H,7,16-19H2,1-3H3,(H,30,33). The minimum atomic E-state index is -0.122. The summed E-state index contributed by atoms with van der Waals surface area (Å²) >= 11 is 0. The number of hydrogen-bond acceptors (Lipinski definition) is 4. The van der Waals surface area contributed by atoms with E-state index in [-0.39, 0.29) is 5.91 Å². The number of nitrogens with one attached hydrogen (secondary N) is 1. The van der Waals surface area contributed by atoms with Gasteiger partial charge in [0.2, 0.25) is 0 Å². The Labute approximate surface area is 206 Å². The molecule has 1 N–H and O–H groups in total. The Kier molecular flexibility index (Phi) is 8.03. The number of hydrogen-bond donors (Lipinski definition) is 1. The van der Waals surface area contributed by atoms with Gasteiger partial charge in [-0.3, -0.25) is 4.79 Å². The molecular formula is C29H33N3O3. The smallest absolute Gasteiger partial charge is 0.251 e. The van der Waals surface area contributed by atoms with Crippen molar-refractivity contribution in [3.63, 3.8) is 0 Å². The Balaban J connectivity index is 1.35. The number of rotatable bonds is 11. The average Bonchev–Trinajstić information content (AvgIpc) is 3.24. The highest BCUT2D eigenvalue weighted by molar-refractivity contribution is 5.94. The summed E-state index contributed by atoms with van der Waals surface area (Å²) in [6.07, 6.45) is 1.50. The van der Waals surface area contributed by atoms with E-state index in [2.05, 4.69) is 41.9 Å². The Morgan fingerprint density at radius 2 is 1.80 bits per heavy atom. The molecule has 1 heterocycles. The third kappa shape index (κ3) is 6.21. The minimum Gasteiger partial charge on any atom is -0.497 e. The van der Waals surface area contributed by atoms with Crippen molar-refractivity contribution in [2.75, 3.05) is 20.3 Å². The molecular weight excluding hydrogens is 438 g/mol. The number of benzene rings is 3. The molecule has 0 unspecified atom stereocenters. The molecule has 0 bridgehead atoms. The van der Waals surface area contributed by atoms with Gasteiger partial charge in [-0.05, 0) is 60.4 Å². The first kappa shape index (κ1) is 24.3. The maximum atomic E-state index is 12.6. The monoisotopic (exact) mass is 471 g/mol. The molecule has 6 heteroatoms. The van der Waals surface area contributed by atoms with Crippen LogP contribution in [0.1, 0.15) is 47.9 Å². The van der Waals surface area contributed by atoms with Gasteiger partial charge in [0.1, 0.15) is 17.3 Å². The Morgan fingerprint density at radius 1 is 1.00 bits per heavy atom. The maximum Gasteiger partial charge on any atom is 0.251 e. The molecule has 3 aromatic carbocycles. The number of aromatic nitrogens is 2. The van der Waals surface area contributed by atoms with Crippen LogP contribution in [0.15, 0.2) is 72.8 Å². The van der Waals surface area contributed by atoms with Gasteiger partial charge in [-0.15, -0.1) is 0 Å². The third-order valence-corrected chi connectivity index (χ3v) is 6.04. The van der Waals surface area contributed by atoms with E-state index in [1.54, 1.807) is 19.2 Å². The predicted molar refractivity (Wildman–Crippen MR) is 139 cm³/mol. The van der Waals surface area contributed by atoms with Crippen LogP contribution in [0.25, 0.3) is 11.0 Å². The predicted octanol–water partition coefficient (Wildman–Crippen LogP) is 5.61. The van der Waals surface area contributed by atoms with E-state index in [1.165, 1.54) is 5.56 Å². The fourth-order valence-corrected chi connectivity index (χ4v) is 4.08. The molecule has 1 aromatic heterocycles. The van der Waals surface area contributed by atoms with Crippen LogP contribution in [0.2, 0.25) is 0 Å². The highest BCUT2D eigenvalue weighted by Gasteiger charge is 2.12. The molecule has 0 saturated heterocycles. The molecule has 182 valence electrons. The van der Waals surface area contributed by atoms with Crippen LogP contribution in [-0.4, -0.2) is 35.7 Å². The Bertz CT molecular complexity index is 1260. The van der Waals surface area contributed by atoms with Gasteiger partial charge in [-0.1, -0.05) is 44.2 Å². The van der Waals surface area contributed by atoms with Gasteiger partial charge in [0, 0.05) is 25.1 Å². The lowest BCUT2D eigenvalue weighted by atomic mass is 10.0. The van der Waals surface area contributed by atoms with Gasteiger partial charge >= 0.3 is 0 Å². The number of imidazole rings is 1. The highest BCUT2D eigenvalue weighted by atomic mass is 16.5. The summed E-state index contributed by atoms with van der Waals surface area (Å²) in [5.41, 5.74) is 3.96. The topological polar surface area (TPSA) is 65.4 Å². The van der Waals surface area contributed by atoms with E-state index in [4.69, 9.17) is 14.5 Å². The zero-order chi connectivity index (χ0) is 24.6. The van der Waals surface area contributed by atoms with Crippen LogP contribution >= 0.6 is 0 Å². The van der Waals surface area contributed by atoms with Crippen LogP contribution < -0.4 is 14.8 Å². The molecule has 0 fully saturated rings. The number of para-hydroxylation sites is 2. The summed E-state index contributed by atoms with van der Waals surface area (Å²) in [6, 6.07) is 23.6. The Hall–Kier alpha value is -3.80. The van der Waals surface area contributed by atoms with Gasteiger partial charge in [0.25, 0.3) is 5.91 Å². The summed E-state index contributed by atoms with van der Waals surface area (Å²) in [7, 11) is 1.59. The van der Waals surface area contributed by atoms with Crippen molar-refractivity contribution in [3.8, 4) is 11.5 Å². The van der Waals surface area contributed by atoms with Crippen molar-refractivity contribution in [2.24, 2.45) is 0 Å². The largest absolute Gasteiger partial charge is 0.497 e. The summed E-state index contributed by atoms with van der Waals surface area (Å²) in [5.74, 6) is 2.90. The third-order valence-electron chi connectivity index (χ3n) is 6.04. The lowest BCUT2D eigenvalue weighted by molar-refractivity contribution is 0.0953. The normalized spacial score (nSPS) is 11.1. The van der Waals surface area contributed by atoms with Gasteiger partial charge in [-0.2, -0.15) is 0 Å². The molecule has 0 aliphatic rings. The first-order chi connectivity index (χ1) is 17.0. The summed E-state index contributed by atoms with van der Waals surface area (Å²) in [6.45, 7) is 6.29.